The zero-order valence-corrected chi connectivity index (χ0v) is 16.2. The molecule has 1 aromatic carbocycles. The number of hydrogen-bond donors (Lipinski definition) is 1. The van der Waals surface area contributed by atoms with Crippen LogP contribution in [0.2, 0.25) is 0 Å². The number of hydrogen-bond acceptors (Lipinski definition) is 5. The van der Waals surface area contributed by atoms with E-state index < -0.39 is 10.0 Å². The molecule has 3 heterocycles. The van der Waals surface area contributed by atoms with Gasteiger partial charge >= 0.3 is 0 Å². The summed E-state index contributed by atoms with van der Waals surface area (Å²) in [6, 6.07) is 4.92. The van der Waals surface area contributed by atoms with Crippen LogP contribution in [0.3, 0.4) is 0 Å². The summed E-state index contributed by atoms with van der Waals surface area (Å²) in [5, 5.41) is 5.91. The van der Waals surface area contributed by atoms with Crippen LogP contribution in [0.4, 0.5) is 0 Å². The standard InChI is InChI=1S/C18H21N3O3S2/c1-12-11-25-18(20-12)14-5-8-21(9-6-14)26(23,24)15-3-2-13-4-7-19-17(22)16(13)10-15/h2-3,10-11,14H,4-9H2,1H3,(H,19,22). The minimum Gasteiger partial charge on any atom is -0.352 e. The fourth-order valence-corrected chi connectivity index (χ4v) is 6.07. The number of carbonyl (C=O) groups excluding carboxylic acids is 1. The molecular formula is C18H21N3O3S2. The average Bonchev–Trinajstić information content (AvgIpc) is 3.08. The van der Waals surface area contributed by atoms with Crippen molar-refractivity contribution in [3.8, 4) is 0 Å². The summed E-state index contributed by atoms with van der Waals surface area (Å²) in [5.41, 5.74) is 2.41. The van der Waals surface area contributed by atoms with E-state index in [1.165, 1.54) is 10.4 Å². The molecule has 2 aromatic rings. The van der Waals surface area contributed by atoms with Gasteiger partial charge in [-0.15, -0.1) is 11.3 Å². The Balaban J connectivity index is 1.53. The summed E-state index contributed by atoms with van der Waals surface area (Å²) in [7, 11) is -3.58. The van der Waals surface area contributed by atoms with Gasteiger partial charge in [0.05, 0.1) is 9.90 Å². The first kappa shape index (κ1) is 17.6. The lowest BCUT2D eigenvalue weighted by molar-refractivity contribution is 0.0945. The van der Waals surface area contributed by atoms with E-state index in [1.807, 2.05) is 12.3 Å². The third-order valence-corrected chi connectivity index (χ3v) is 8.10. The normalized spacial score (nSPS) is 19.2. The van der Waals surface area contributed by atoms with Gasteiger partial charge in [-0.1, -0.05) is 6.07 Å². The van der Waals surface area contributed by atoms with Gasteiger partial charge in [0.25, 0.3) is 5.91 Å². The number of amides is 1. The van der Waals surface area contributed by atoms with Crippen molar-refractivity contribution in [3.63, 3.8) is 0 Å². The van der Waals surface area contributed by atoms with Crippen LogP contribution in [0.25, 0.3) is 0 Å². The van der Waals surface area contributed by atoms with Crippen LogP contribution < -0.4 is 5.32 Å². The lowest BCUT2D eigenvalue weighted by atomic mass is 9.99. The second-order valence-corrected chi connectivity index (χ2v) is 9.66. The van der Waals surface area contributed by atoms with Crippen molar-refractivity contribution in [1.29, 1.82) is 0 Å². The van der Waals surface area contributed by atoms with Crippen LogP contribution in [0.1, 0.15) is 45.4 Å². The molecule has 0 saturated carbocycles. The number of thiazole rings is 1. The minimum atomic E-state index is -3.58. The largest absolute Gasteiger partial charge is 0.352 e. The van der Waals surface area contributed by atoms with E-state index in [4.69, 9.17) is 0 Å². The molecule has 0 aliphatic carbocycles. The van der Waals surface area contributed by atoms with Gasteiger partial charge in [0.2, 0.25) is 10.0 Å². The van der Waals surface area contributed by atoms with Gasteiger partial charge in [-0.25, -0.2) is 13.4 Å². The van der Waals surface area contributed by atoms with Crippen LogP contribution in [-0.4, -0.2) is 43.2 Å². The first-order chi connectivity index (χ1) is 12.4. The molecule has 1 amide bonds. The number of aryl methyl sites for hydroxylation is 1. The number of rotatable bonds is 3. The molecule has 2 aliphatic heterocycles. The van der Waals surface area contributed by atoms with E-state index in [0.717, 1.165) is 35.5 Å². The van der Waals surface area contributed by atoms with Crippen LogP contribution >= 0.6 is 11.3 Å². The highest BCUT2D eigenvalue weighted by Gasteiger charge is 2.32. The van der Waals surface area contributed by atoms with Crippen LogP contribution in [0, 0.1) is 6.92 Å². The molecule has 1 saturated heterocycles. The fourth-order valence-electron chi connectivity index (χ4n) is 3.60. The van der Waals surface area contributed by atoms with Crippen molar-refractivity contribution in [1.82, 2.24) is 14.6 Å². The molecule has 0 spiro atoms. The van der Waals surface area contributed by atoms with E-state index in [-0.39, 0.29) is 10.8 Å². The van der Waals surface area contributed by atoms with E-state index in [0.29, 0.717) is 31.1 Å². The van der Waals surface area contributed by atoms with Gasteiger partial charge in [0.15, 0.2) is 0 Å². The molecule has 2 aliphatic rings. The molecule has 4 rings (SSSR count). The van der Waals surface area contributed by atoms with E-state index in [9.17, 15) is 13.2 Å². The molecule has 1 N–H and O–H groups in total. The molecule has 1 fully saturated rings. The number of aromatic nitrogens is 1. The van der Waals surface area contributed by atoms with Gasteiger partial charge in [0, 0.05) is 42.2 Å². The number of carbonyl (C=O) groups is 1. The molecule has 138 valence electrons. The molecule has 0 radical (unpaired) electrons. The molecule has 6 nitrogen and oxygen atoms in total. The smallest absolute Gasteiger partial charge is 0.251 e. The predicted molar refractivity (Wildman–Crippen MR) is 100 cm³/mol. The summed E-state index contributed by atoms with van der Waals surface area (Å²) in [6.45, 7) is 3.54. The Morgan fingerprint density at radius 2 is 2.04 bits per heavy atom. The van der Waals surface area contributed by atoms with Gasteiger partial charge in [0.1, 0.15) is 0 Å². The quantitative estimate of drug-likeness (QED) is 0.871. The van der Waals surface area contributed by atoms with Gasteiger partial charge in [-0.2, -0.15) is 4.31 Å². The van der Waals surface area contributed by atoms with Crippen molar-refractivity contribution in [2.24, 2.45) is 0 Å². The lowest BCUT2D eigenvalue weighted by Crippen LogP contribution is -2.38. The van der Waals surface area contributed by atoms with Crippen LogP contribution in [0.5, 0.6) is 0 Å². The Morgan fingerprint density at radius 3 is 2.73 bits per heavy atom. The first-order valence-electron chi connectivity index (χ1n) is 8.78. The third kappa shape index (κ3) is 3.17. The van der Waals surface area contributed by atoms with E-state index in [2.05, 4.69) is 10.3 Å². The average molecular weight is 392 g/mol. The van der Waals surface area contributed by atoms with Crippen LogP contribution in [0.15, 0.2) is 28.5 Å². The van der Waals surface area contributed by atoms with Crippen molar-refractivity contribution in [2.45, 2.75) is 37.0 Å². The fraction of sp³-hybridized carbons (Fsp3) is 0.444. The molecule has 0 bridgehead atoms. The second-order valence-electron chi connectivity index (χ2n) is 6.83. The zero-order chi connectivity index (χ0) is 18.3. The van der Waals surface area contributed by atoms with Crippen molar-refractivity contribution in [3.05, 3.63) is 45.4 Å². The first-order valence-corrected chi connectivity index (χ1v) is 11.1. The number of nitrogens with one attached hydrogen (secondary N) is 1. The molecule has 0 atom stereocenters. The lowest BCUT2D eigenvalue weighted by Gasteiger charge is -2.30. The number of piperidine rings is 1. The Bertz CT molecular complexity index is 944. The highest BCUT2D eigenvalue weighted by Crippen LogP contribution is 2.32. The van der Waals surface area contributed by atoms with Crippen LogP contribution in [-0.2, 0) is 16.4 Å². The van der Waals surface area contributed by atoms with Crippen molar-refractivity contribution < 1.29 is 13.2 Å². The van der Waals surface area contributed by atoms with Crippen molar-refractivity contribution in [2.75, 3.05) is 19.6 Å². The summed E-state index contributed by atoms with van der Waals surface area (Å²) in [6.07, 6.45) is 2.29. The third-order valence-electron chi connectivity index (χ3n) is 5.08. The molecule has 0 unspecified atom stereocenters. The number of benzene rings is 1. The Labute approximate surface area is 157 Å². The number of nitrogens with zero attached hydrogens (tertiary/aromatic N) is 2. The molecular weight excluding hydrogens is 370 g/mol. The highest BCUT2D eigenvalue weighted by atomic mass is 32.2. The van der Waals surface area contributed by atoms with Gasteiger partial charge in [-0.3, -0.25) is 4.79 Å². The monoisotopic (exact) mass is 391 g/mol. The maximum absolute atomic E-state index is 13.0. The van der Waals surface area contributed by atoms with Crippen molar-refractivity contribution >= 4 is 27.3 Å². The Morgan fingerprint density at radius 1 is 1.27 bits per heavy atom. The van der Waals surface area contributed by atoms with E-state index >= 15 is 0 Å². The highest BCUT2D eigenvalue weighted by molar-refractivity contribution is 7.89. The summed E-state index contributed by atoms with van der Waals surface area (Å²) < 4.78 is 27.6. The minimum absolute atomic E-state index is 0.193. The summed E-state index contributed by atoms with van der Waals surface area (Å²) in [4.78, 5) is 16.8. The summed E-state index contributed by atoms with van der Waals surface area (Å²) in [5.74, 6) is 0.135. The number of fused-ring (bicyclic) bond motifs is 1. The zero-order valence-electron chi connectivity index (χ0n) is 14.6. The van der Waals surface area contributed by atoms with Gasteiger partial charge < -0.3 is 5.32 Å². The predicted octanol–water partition coefficient (Wildman–Crippen LogP) is 2.31. The SMILES string of the molecule is Cc1csc(C2CCN(S(=O)(=O)c3ccc4c(c3)C(=O)NCC4)CC2)n1. The maximum atomic E-state index is 13.0. The Hall–Kier alpha value is -1.77. The Kier molecular flexibility index (Phi) is 4.58. The summed E-state index contributed by atoms with van der Waals surface area (Å²) >= 11 is 1.65. The number of sulfonamides is 1. The van der Waals surface area contributed by atoms with Gasteiger partial charge in [-0.05, 0) is 43.9 Å². The molecule has 1 aromatic heterocycles. The molecule has 8 heteroatoms. The second kappa shape index (κ2) is 6.75. The topological polar surface area (TPSA) is 79.4 Å². The molecule has 26 heavy (non-hydrogen) atoms. The van der Waals surface area contributed by atoms with E-state index in [1.54, 1.807) is 23.5 Å². The maximum Gasteiger partial charge on any atom is 0.251 e.